The fraction of sp³-hybridized carbons (Fsp3) is 0.878. The number of unbranched alkanes of at least 4 members (excludes halogenated alkanes) is 14. The molecule has 4 aliphatic heterocycles. The van der Waals surface area contributed by atoms with E-state index in [0.29, 0.717) is 6.42 Å². The van der Waals surface area contributed by atoms with Crippen LogP contribution in [0.5, 0.6) is 0 Å². The van der Waals surface area contributed by atoms with Crippen molar-refractivity contribution in [2.24, 2.45) is 0 Å². The van der Waals surface area contributed by atoms with E-state index in [1.165, 1.54) is 70.6 Å². The van der Waals surface area contributed by atoms with Gasteiger partial charge in [0.2, 0.25) is 0 Å². The molecule has 0 bridgehead atoms. The summed E-state index contributed by atoms with van der Waals surface area (Å²) in [4.78, 5) is 11.6. The molecular weight excluding hydrogens is 604 g/mol. The van der Waals surface area contributed by atoms with E-state index in [1.54, 1.807) is 0 Å². The quantitative estimate of drug-likeness (QED) is 0.0637. The van der Waals surface area contributed by atoms with Gasteiger partial charge in [-0.15, -0.1) is 11.8 Å². The monoisotopic (exact) mass is 672 g/mol. The third kappa shape index (κ3) is 13.7. The highest BCUT2D eigenvalue weighted by Gasteiger charge is 2.43. The maximum absolute atomic E-state index is 11.6. The molecule has 0 radical (unpaired) electrons. The van der Waals surface area contributed by atoms with Crippen molar-refractivity contribution < 1.29 is 34.0 Å². The van der Waals surface area contributed by atoms with Gasteiger partial charge in [0.25, 0.3) is 0 Å². The third-order valence-electron chi connectivity index (χ3n) is 11.0. The van der Waals surface area contributed by atoms with Gasteiger partial charge >= 0.3 is 5.97 Å². The minimum Gasteiger partial charge on any atom is -0.455 e. The number of hydrogen-bond acceptors (Lipinski definition) is 7. The van der Waals surface area contributed by atoms with Crippen molar-refractivity contribution in [1.29, 1.82) is 0 Å². The van der Waals surface area contributed by atoms with Gasteiger partial charge in [0.1, 0.15) is 6.10 Å². The zero-order chi connectivity index (χ0) is 34.0. The number of ether oxygens (including phenoxy) is 4. The first-order valence-electron chi connectivity index (χ1n) is 20.1. The lowest BCUT2D eigenvalue weighted by molar-refractivity contribution is -0.139. The molecule has 0 aliphatic carbocycles. The van der Waals surface area contributed by atoms with Crippen LogP contribution in [-0.2, 0) is 23.7 Å². The summed E-state index contributed by atoms with van der Waals surface area (Å²) in [5.41, 5.74) is 0.853. The maximum atomic E-state index is 11.6. The second-order valence-electron chi connectivity index (χ2n) is 15.1. The van der Waals surface area contributed by atoms with E-state index in [0.717, 1.165) is 89.0 Å². The first kappa shape index (κ1) is 39.4. The lowest BCUT2D eigenvalue weighted by Crippen LogP contribution is -2.34. The number of carbonyl (C=O) groups excluding carboxylic acids is 1. The van der Waals surface area contributed by atoms with Crippen molar-refractivity contribution in [2.75, 3.05) is 0 Å². The fourth-order valence-corrected chi connectivity index (χ4v) is 8.03. The van der Waals surface area contributed by atoms with Gasteiger partial charge in [-0.3, -0.25) is 0 Å². The molecule has 0 spiro atoms. The van der Waals surface area contributed by atoms with E-state index >= 15 is 0 Å². The molecule has 0 aromatic carbocycles. The summed E-state index contributed by atoms with van der Waals surface area (Å²) >= 11 is 0. The van der Waals surface area contributed by atoms with Gasteiger partial charge in [0, 0.05) is 18.4 Å². The minimum absolute atomic E-state index is 0.0346. The highest BCUT2D eigenvalue weighted by atomic mass is 16.6. The lowest BCUT2D eigenvalue weighted by Gasteiger charge is -2.25. The summed E-state index contributed by atoms with van der Waals surface area (Å²) < 4.78 is 24.3. The van der Waals surface area contributed by atoms with Crippen molar-refractivity contribution in [1.82, 2.24) is 0 Å². The van der Waals surface area contributed by atoms with Crippen molar-refractivity contribution in [3.8, 4) is 11.8 Å². The van der Waals surface area contributed by atoms with Gasteiger partial charge in [-0.05, 0) is 77.2 Å². The molecule has 0 unspecified atom stereocenters. The zero-order valence-electron chi connectivity index (χ0n) is 30.4. The summed E-state index contributed by atoms with van der Waals surface area (Å²) in [6.45, 7) is 4.16. The third-order valence-corrected chi connectivity index (χ3v) is 11.0. The van der Waals surface area contributed by atoms with E-state index < -0.39 is 6.10 Å². The largest absolute Gasteiger partial charge is 0.455 e. The first-order valence-corrected chi connectivity index (χ1v) is 20.1. The Morgan fingerprint density at radius 2 is 1.19 bits per heavy atom. The molecule has 7 nitrogen and oxygen atoms in total. The zero-order valence-corrected chi connectivity index (χ0v) is 30.4. The molecule has 2 N–H and O–H groups in total. The highest BCUT2D eigenvalue weighted by Crippen LogP contribution is 2.37. The van der Waals surface area contributed by atoms with Gasteiger partial charge in [-0.25, -0.2) is 4.79 Å². The Kier molecular flexibility index (Phi) is 18.4. The van der Waals surface area contributed by atoms with E-state index in [1.807, 2.05) is 13.0 Å². The van der Waals surface area contributed by atoms with Gasteiger partial charge < -0.3 is 29.2 Å². The second kappa shape index (κ2) is 22.4. The summed E-state index contributed by atoms with van der Waals surface area (Å²) in [5, 5.41) is 21.5. The number of cyclic esters (lactones) is 1. The summed E-state index contributed by atoms with van der Waals surface area (Å²) in [6, 6.07) is 0. The van der Waals surface area contributed by atoms with E-state index in [9.17, 15) is 15.0 Å². The van der Waals surface area contributed by atoms with Crippen LogP contribution in [0.2, 0.25) is 0 Å². The van der Waals surface area contributed by atoms with Crippen LogP contribution in [0, 0.1) is 11.8 Å². The number of carbonyl (C=O) groups is 1. The molecule has 9 atom stereocenters. The molecule has 3 saturated heterocycles. The predicted molar refractivity (Wildman–Crippen MR) is 191 cm³/mol. The Balaban J connectivity index is 0.985. The van der Waals surface area contributed by atoms with Crippen LogP contribution in [-0.4, -0.2) is 71.1 Å². The molecule has 0 aromatic rings. The molecule has 0 aromatic heterocycles. The second-order valence-corrected chi connectivity index (χ2v) is 15.1. The molecular formula is C41H68O7. The maximum Gasteiger partial charge on any atom is 0.334 e. The molecule has 3 fully saturated rings. The van der Waals surface area contributed by atoms with E-state index in [4.69, 9.17) is 18.9 Å². The van der Waals surface area contributed by atoms with Crippen LogP contribution in [0.15, 0.2) is 11.6 Å². The average Bonchev–Trinajstić information content (AvgIpc) is 3.90. The summed E-state index contributed by atoms with van der Waals surface area (Å²) in [5.74, 6) is 6.32. The molecule has 7 heteroatoms. The number of hydrogen-bond donors (Lipinski definition) is 2. The Hall–Kier alpha value is -1.43. The van der Waals surface area contributed by atoms with Crippen LogP contribution in [0.4, 0.5) is 0 Å². The van der Waals surface area contributed by atoms with Gasteiger partial charge in [-0.1, -0.05) is 90.4 Å². The van der Waals surface area contributed by atoms with Crippen LogP contribution >= 0.6 is 0 Å². The summed E-state index contributed by atoms with van der Waals surface area (Å²) in [6.07, 6.45) is 28.1. The molecule has 0 amide bonds. The smallest absolute Gasteiger partial charge is 0.334 e. The Morgan fingerprint density at radius 1 is 0.667 bits per heavy atom. The molecule has 0 saturated carbocycles. The molecule has 4 heterocycles. The number of esters is 1. The predicted octanol–water partition coefficient (Wildman–Crippen LogP) is 8.66. The van der Waals surface area contributed by atoms with Gasteiger partial charge in [-0.2, -0.15) is 0 Å². The van der Waals surface area contributed by atoms with Crippen LogP contribution in [0.25, 0.3) is 0 Å². The van der Waals surface area contributed by atoms with Crippen molar-refractivity contribution in [2.45, 2.75) is 229 Å². The Bertz CT molecular complexity index is 1000. The topological polar surface area (TPSA) is 94.5 Å². The number of aliphatic hydroxyl groups excluding tert-OH is 2. The number of aliphatic hydroxyl groups is 2. The minimum atomic E-state index is -0.550. The highest BCUT2D eigenvalue weighted by molar-refractivity contribution is 5.90. The van der Waals surface area contributed by atoms with E-state index in [-0.39, 0.29) is 54.8 Å². The molecule has 274 valence electrons. The fourth-order valence-electron chi connectivity index (χ4n) is 8.03. The van der Waals surface area contributed by atoms with Crippen molar-refractivity contribution in [3.05, 3.63) is 11.6 Å². The van der Waals surface area contributed by atoms with Gasteiger partial charge in [0.15, 0.2) is 0 Å². The van der Waals surface area contributed by atoms with Crippen LogP contribution < -0.4 is 0 Å². The van der Waals surface area contributed by atoms with Crippen molar-refractivity contribution in [3.63, 3.8) is 0 Å². The van der Waals surface area contributed by atoms with Crippen molar-refractivity contribution >= 4 is 5.97 Å². The molecule has 4 aliphatic rings. The van der Waals surface area contributed by atoms with Crippen LogP contribution in [0.3, 0.4) is 0 Å². The number of rotatable bonds is 23. The summed E-state index contributed by atoms with van der Waals surface area (Å²) in [7, 11) is 0. The lowest BCUT2D eigenvalue weighted by atomic mass is 10.0. The SMILES string of the molecule is CCCCCCCCCC[C@@H](O)[C@H]1CC[C@H]([C@H]2CC[C@H]([C@H]3CC[C@H]([C@H](O)CC#CCCCCCCCCCC4=C[C@H](C)OC4=O)O3)O2)O1. The van der Waals surface area contributed by atoms with E-state index in [2.05, 4.69) is 18.8 Å². The molecule has 48 heavy (non-hydrogen) atoms. The molecule has 4 rings (SSSR count). The average molecular weight is 673 g/mol. The Labute approximate surface area is 292 Å². The normalized spacial score (nSPS) is 29.9. The first-order chi connectivity index (χ1) is 23.4. The van der Waals surface area contributed by atoms with Gasteiger partial charge in [0.05, 0.1) is 48.8 Å². The Morgan fingerprint density at radius 3 is 1.79 bits per heavy atom. The van der Waals surface area contributed by atoms with Crippen LogP contribution in [0.1, 0.15) is 174 Å². The standard InChI is InChI=1S/C41H68O7/c1-3-4-5-6-7-13-16-19-22-33(42)35-24-26-37(46-35)39-28-29-40(48-39)38-27-25-36(47-38)34(43)23-20-17-14-11-9-8-10-12-15-18-21-32-30-31(2)45-41(32)44/h30-31,33-40,42-43H,3-16,18-19,21-29H2,1-2H3/t31-,33+,34+,35+,36+,37+,38+,39+,40+/m0/s1.